The lowest BCUT2D eigenvalue weighted by Gasteiger charge is -2.03. The van der Waals surface area contributed by atoms with E-state index in [2.05, 4.69) is 19.1 Å². The van der Waals surface area contributed by atoms with Gasteiger partial charge in [-0.15, -0.1) is 11.8 Å². The summed E-state index contributed by atoms with van der Waals surface area (Å²) in [7, 11) is 1.69. The van der Waals surface area contributed by atoms with E-state index in [1.165, 1.54) is 11.3 Å². The lowest BCUT2D eigenvalue weighted by molar-refractivity contribution is 0.413. The van der Waals surface area contributed by atoms with E-state index in [-0.39, 0.29) is 0 Å². The Balaban J connectivity index is 2.46. The maximum Gasteiger partial charge on any atom is 0.119 e. The summed E-state index contributed by atoms with van der Waals surface area (Å²) in [6.45, 7) is 3.81. The molecule has 0 amide bonds. The predicted molar refractivity (Wildman–Crippen MR) is 58.3 cm³/mol. The molecule has 0 N–H and O–H groups in total. The Labute approximate surface area is 84.5 Å². The van der Waals surface area contributed by atoms with Crippen molar-refractivity contribution >= 4 is 11.8 Å². The normalized spacial score (nSPS) is 10.0. The SMILES string of the molecule is [CH2]CCCSc1cccc(OC)c1. The lowest BCUT2D eigenvalue weighted by atomic mass is 10.3. The molecule has 0 fully saturated rings. The second-order valence-corrected chi connectivity index (χ2v) is 3.90. The van der Waals surface area contributed by atoms with Crippen LogP contribution in [0, 0.1) is 6.92 Å². The third-order valence-electron chi connectivity index (χ3n) is 1.70. The first-order valence-electron chi connectivity index (χ1n) is 4.43. The number of benzene rings is 1. The van der Waals surface area contributed by atoms with E-state index in [4.69, 9.17) is 4.74 Å². The molecule has 0 saturated heterocycles. The van der Waals surface area contributed by atoms with Crippen LogP contribution in [0.1, 0.15) is 12.8 Å². The molecule has 0 unspecified atom stereocenters. The molecular weight excluding hydrogens is 180 g/mol. The van der Waals surface area contributed by atoms with Gasteiger partial charge in [0.2, 0.25) is 0 Å². The van der Waals surface area contributed by atoms with Crippen molar-refractivity contribution in [3.05, 3.63) is 31.2 Å². The number of methoxy groups -OCH3 is 1. The highest BCUT2D eigenvalue weighted by Crippen LogP contribution is 2.23. The third-order valence-corrected chi connectivity index (χ3v) is 2.78. The quantitative estimate of drug-likeness (QED) is 0.526. The van der Waals surface area contributed by atoms with Crippen LogP contribution < -0.4 is 4.74 Å². The first-order chi connectivity index (χ1) is 6.36. The van der Waals surface area contributed by atoms with Crippen LogP contribution >= 0.6 is 11.8 Å². The first-order valence-corrected chi connectivity index (χ1v) is 5.41. The zero-order valence-corrected chi connectivity index (χ0v) is 8.77. The standard InChI is InChI=1S/C11H15OS/c1-3-4-8-13-11-7-5-6-10(9-11)12-2/h5-7,9H,1,3-4,8H2,2H3. The van der Waals surface area contributed by atoms with Gasteiger partial charge in [-0.3, -0.25) is 0 Å². The molecule has 0 aliphatic carbocycles. The van der Waals surface area contributed by atoms with Crippen molar-refractivity contribution in [2.75, 3.05) is 12.9 Å². The third kappa shape index (κ3) is 3.73. The van der Waals surface area contributed by atoms with E-state index >= 15 is 0 Å². The molecule has 0 bridgehead atoms. The minimum atomic E-state index is 0.930. The molecule has 13 heavy (non-hydrogen) atoms. The van der Waals surface area contributed by atoms with Gasteiger partial charge in [0.05, 0.1) is 7.11 Å². The number of hydrogen-bond acceptors (Lipinski definition) is 2. The molecule has 0 atom stereocenters. The van der Waals surface area contributed by atoms with Gasteiger partial charge in [-0.25, -0.2) is 0 Å². The summed E-state index contributed by atoms with van der Waals surface area (Å²) in [5.41, 5.74) is 0. The van der Waals surface area contributed by atoms with E-state index in [1.807, 2.05) is 23.9 Å². The number of thioether (sulfide) groups is 1. The van der Waals surface area contributed by atoms with Crippen LogP contribution in [-0.4, -0.2) is 12.9 Å². The Hall–Kier alpha value is -0.630. The molecule has 1 aromatic carbocycles. The highest BCUT2D eigenvalue weighted by atomic mass is 32.2. The molecule has 0 saturated carbocycles. The average Bonchev–Trinajstić information content (AvgIpc) is 2.19. The summed E-state index contributed by atoms with van der Waals surface area (Å²) in [5, 5.41) is 0. The molecule has 0 aliphatic rings. The molecule has 0 spiro atoms. The Morgan fingerprint density at radius 3 is 3.00 bits per heavy atom. The van der Waals surface area contributed by atoms with Gasteiger partial charge >= 0.3 is 0 Å². The van der Waals surface area contributed by atoms with Gasteiger partial charge in [-0.05, 0) is 30.4 Å². The summed E-state index contributed by atoms with van der Waals surface area (Å²) >= 11 is 1.85. The maximum atomic E-state index is 5.14. The monoisotopic (exact) mass is 195 g/mol. The average molecular weight is 195 g/mol. The van der Waals surface area contributed by atoms with Crippen LogP contribution in [0.4, 0.5) is 0 Å². The molecule has 0 heterocycles. The van der Waals surface area contributed by atoms with E-state index in [0.717, 1.165) is 17.9 Å². The van der Waals surface area contributed by atoms with Crippen molar-refractivity contribution in [1.29, 1.82) is 0 Å². The fourth-order valence-corrected chi connectivity index (χ4v) is 1.94. The van der Waals surface area contributed by atoms with Crippen LogP contribution in [0.15, 0.2) is 29.2 Å². The van der Waals surface area contributed by atoms with Gasteiger partial charge in [0.15, 0.2) is 0 Å². The Morgan fingerprint density at radius 1 is 1.46 bits per heavy atom. The smallest absolute Gasteiger partial charge is 0.119 e. The maximum absolute atomic E-state index is 5.14. The number of unbranched alkanes of at least 4 members (excludes halogenated alkanes) is 1. The first kappa shape index (κ1) is 10.5. The van der Waals surface area contributed by atoms with Gasteiger partial charge in [0, 0.05) is 4.90 Å². The topological polar surface area (TPSA) is 9.23 Å². The molecule has 71 valence electrons. The van der Waals surface area contributed by atoms with Gasteiger partial charge in [-0.1, -0.05) is 19.4 Å². The van der Waals surface area contributed by atoms with Crippen LogP contribution in [0.2, 0.25) is 0 Å². The fraction of sp³-hybridized carbons (Fsp3) is 0.364. The zero-order chi connectivity index (χ0) is 9.52. The van der Waals surface area contributed by atoms with Crippen molar-refractivity contribution in [1.82, 2.24) is 0 Å². The van der Waals surface area contributed by atoms with E-state index < -0.39 is 0 Å². The van der Waals surface area contributed by atoms with E-state index in [9.17, 15) is 0 Å². The molecular formula is C11H15OS. The second kappa shape index (κ2) is 5.92. The molecule has 2 heteroatoms. The number of hydrogen-bond donors (Lipinski definition) is 0. The van der Waals surface area contributed by atoms with Crippen molar-refractivity contribution in [3.63, 3.8) is 0 Å². The molecule has 0 aliphatic heterocycles. The Morgan fingerprint density at radius 2 is 2.31 bits per heavy atom. The van der Waals surface area contributed by atoms with Gasteiger partial charge in [0.1, 0.15) is 5.75 Å². The van der Waals surface area contributed by atoms with Crippen LogP contribution in [-0.2, 0) is 0 Å². The van der Waals surface area contributed by atoms with Gasteiger partial charge in [0.25, 0.3) is 0 Å². The number of rotatable bonds is 5. The summed E-state index contributed by atoms with van der Waals surface area (Å²) in [6, 6.07) is 8.15. The summed E-state index contributed by atoms with van der Waals surface area (Å²) in [5.74, 6) is 2.07. The highest BCUT2D eigenvalue weighted by Gasteiger charge is 1.95. The van der Waals surface area contributed by atoms with Crippen molar-refractivity contribution in [2.24, 2.45) is 0 Å². The van der Waals surface area contributed by atoms with E-state index in [1.54, 1.807) is 7.11 Å². The summed E-state index contributed by atoms with van der Waals surface area (Å²) in [4.78, 5) is 1.27. The van der Waals surface area contributed by atoms with E-state index in [0.29, 0.717) is 0 Å². The fourth-order valence-electron chi connectivity index (χ4n) is 0.983. The predicted octanol–water partition coefficient (Wildman–Crippen LogP) is 3.40. The van der Waals surface area contributed by atoms with Crippen molar-refractivity contribution in [3.8, 4) is 5.75 Å². The number of ether oxygens (including phenoxy) is 1. The summed E-state index contributed by atoms with van der Waals surface area (Å²) < 4.78 is 5.14. The molecule has 1 aromatic rings. The molecule has 1 radical (unpaired) electrons. The zero-order valence-electron chi connectivity index (χ0n) is 7.95. The minimum absolute atomic E-state index is 0.930. The molecule has 1 rings (SSSR count). The van der Waals surface area contributed by atoms with Crippen LogP contribution in [0.25, 0.3) is 0 Å². The Bertz CT molecular complexity index is 248. The lowest BCUT2D eigenvalue weighted by Crippen LogP contribution is -1.83. The van der Waals surface area contributed by atoms with Crippen LogP contribution in [0.5, 0.6) is 5.75 Å². The molecule has 0 aromatic heterocycles. The van der Waals surface area contributed by atoms with Crippen molar-refractivity contribution in [2.45, 2.75) is 17.7 Å². The second-order valence-electron chi connectivity index (χ2n) is 2.73. The minimum Gasteiger partial charge on any atom is -0.497 e. The largest absolute Gasteiger partial charge is 0.497 e. The summed E-state index contributed by atoms with van der Waals surface area (Å²) in [6.07, 6.45) is 2.18. The Kier molecular flexibility index (Phi) is 4.76. The van der Waals surface area contributed by atoms with Crippen LogP contribution in [0.3, 0.4) is 0 Å². The highest BCUT2D eigenvalue weighted by molar-refractivity contribution is 7.99. The van der Waals surface area contributed by atoms with Gasteiger partial charge in [-0.2, -0.15) is 0 Å². The van der Waals surface area contributed by atoms with Crippen molar-refractivity contribution < 1.29 is 4.74 Å². The van der Waals surface area contributed by atoms with Gasteiger partial charge < -0.3 is 4.74 Å². The molecule has 1 nitrogen and oxygen atoms in total.